The third-order valence-corrected chi connectivity index (χ3v) is 4.57. The molecular weight excluding hydrogens is 250 g/mol. The third-order valence-electron chi connectivity index (χ3n) is 2.77. The van der Waals surface area contributed by atoms with Crippen molar-refractivity contribution in [1.82, 2.24) is 0 Å². The van der Waals surface area contributed by atoms with E-state index in [0.29, 0.717) is 17.9 Å². The molecule has 0 heterocycles. The van der Waals surface area contributed by atoms with Gasteiger partial charge in [-0.2, -0.15) is 0 Å². The molecular formula is C13H15NO3S. The third kappa shape index (κ3) is 2.63. The fourth-order valence-corrected chi connectivity index (χ4v) is 3.16. The number of hydrogen-bond donors (Lipinski definition) is 2. The molecule has 0 spiro atoms. The molecule has 0 saturated carbocycles. The second kappa shape index (κ2) is 4.96. The van der Waals surface area contributed by atoms with E-state index in [1.165, 1.54) is 0 Å². The first-order chi connectivity index (χ1) is 8.53. The molecule has 0 unspecified atom stereocenters. The van der Waals surface area contributed by atoms with Gasteiger partial charge >= 0.3 is 0 Å². The zero-order chi connectivity index (χ0) is 13.2. The summed E-state index contributed by atoms with van der Waals surface area (Å²) in [5, 5.41) is 10.9. The molecule has 2 aromatic rings. The Bertz CT molecular complexity index is 665. The summed E-state index contributed by atoms with van der Waals surface area (Å²) in [5.74, 6) is 0.230. The van der Waals surface area contributed by atoms with Gasteiger partial charge < -0.3 is 10.8 Å². The van der Waals surface area contributed by atoms with Crippen molar-refractivity contribution < 1.29 is 13.5 Å². The Morgan fingerprint density at radius 1 is 1.06 bits per heavy atom. The van der Waals surface area contributed by atoms with Crippen molar-refractivity contribution >= 4 is 20.6 Å². The summed E-state index contributed by atoms with van der Waals surface area (Å²) in [5.41, 5.74) is 5.33. The molecule has 0 aliphatic heterocycles. The van der Waals surface area contributed by atoms with E-state index in [9.17, 15) is 13.5 Å². The number of phenols is 1. The SMILES string of the molecule is NCCCS(=O)(=O)c1ccc2cc(O)ccc2c1. The molecule has 0 saturated heterocycles. The average Bonchev–Trinajstić information content (AvgIpc) is 2.35. The zero-order valence-corrected chi connectivity index (χ0v) is 10.7. The molecule has 96 valence electrons. The number of fused-ring (bicyclic) bond motifs is 1. The number of rotatable bonds is 4. The van der Waals surface area contributed by atoms with Crippen LogP contribution in [0.2, 0.25) is 0 Å². The first kappa shape index (κ1) is 12.9. The van der Waals surface area contributed by atoms with Crippen molar-refractivity contribution in [2.75, 3.05) is 12.3 Å². The van der Waals surface area contributed by atoms with E-state index in [4.69, 9.17) is 5.73 Å². The number of hydrogen-bond acceptors (Lipinski definition) is 4. The van der Waals surface area contributed by atoms with E-state index in [1.807, 2.05) is 0 Å². The molecule has 3 N–H and O–H groups in total. The lowest BCUT2D eigenvalue weighted by Gasteiger charge is -2.05. The van der Waals surface area contributed by atoms with Crippen molar-refractivity contribution in [1.29, 1.82) is 0 Å². The van der Waals surface area contributed by atoms with E-state index < -0.39 is 9.84 Å². The van der Waals surface area contributed by atoms with Crippen molar-refractivity contribution in [3.8, 4) is 5.75 Å². The topological polar surface area (TPSA) is 80.4 Å². The predicted octanol–water partition coefficient (Wildman–Crippen LogP) is 1.67. The largest absolute Gasteiger partial charge is 0.508 e. The normalized spacial score (nSPS) is 11.8. The van der Waals surface area contributed by atoms with Crippen LogP contribution in [0.4, 0.5) is 0 Å². The maximum atomic E-state index is 12.0. The summed E-state index contributed by atoms with van der Waals surface area (Å²) in [7, 11) is -3.27. The highest BCUT2D eigenvalue weighted by Crippen LogP contribution is 2.23. The Labute approximate surface area is 106 Å². The van der Waals surface area contributed by atoms with Gasteiger partial charge in [0.15, 0.2) is 9.84 Å². The van der Waals surface area contributed by atoms with Crippen LogP contribution in [0.1, 0.15) is 6.42 Å². The lowest BCUT2D eigenvalue weighted by Crippen LogP contribution is -2.11. The standard InChI is InChI=1S/C13H15NO3S/c14-6-1-7-18(16,17)13-5-3-10-8-12(15)4-2-11(10)9-13/h2-5,8-9,15H,1,6-7,14H2. The van der Waals surface area contributed by atoms with Gasteiger partial charge in [-0.3, -0.25) is 0 Å². The van der Waals surface area contributed by atoms with Crippen molar-refractivity contribution in [2.45, 2.75) is 11.3 Å². The van der Waals surface area contributed by atoms with Gasteiger partial charge in [0.25, 0.3) is 0 Å². The monoisotopic (exact) mass is 265 g/mol. The summed E-state index contributed by atoms with van der Waals surface area (Å²) in [6.45, 7) is 0.362. The first-order valence-corrected chi connectivity index (χ1v) is 7.34. The van der Waals surface area contributed by atoms with E-state index in [1.54, 1.807) is 36.4 Å². The molecule has 0 bridgehead atoms. The molecule has 5 heteroatoms. The highest BCUT2D eigenvalue weighted by atomic mass is 32.2. The van der Waals surface area contributed by atoms with Crippen LogP contribution in [-0.2, 0) is 9.84 Å². The van der Waals surface area contributed by atoms with E-state index in [0.717, 1.165) is 10.8 Å². The van der Waals surface area contributed by atoms with Crippen LogP contribution in [0.3, 0.4) is 0 Å². The molecule has 0 radical (unpaired) electrons. The van der Waals surface area contributed by atoms with Crippen LogP contribution in [0, 0.1) is 0 Å². The molecule has 0 atom stereocenters. The molecule has 0 aromatic heterocycles. The van der Waals surface area contributed by atoms with Gasteiger partial charge in [-0.15, -0.1) is 0 Å². The number of sulfone groups is 1. The highest BCUT2D eigenvalue weighted by molar-refractivity contribution is 7.91. The van der Waals surface area contributed by atoms with E-state index in [2.05, 4.69) is 0 Å². The van der Waals surface area contributed by atoms with Crippen LogP contribution in [0.15, 0.2) is 41.3 Å². The number of benzene rings is 2. The summed E-state index contributed by atoms with van der Waals surface area (Å²) < 4.78 is 24.0. The van der Waals surface area contributed by atoms with Crippen LogP contribution in [0.25, 0.3) is 10.8 Å². The minimum atomic E-state index is -3.27. The van der Waals surface area contributed by atoms with E-state index >= 15 is 0 Å². The zero-order valence-electron chi connectivity index (χ0n) is 9.83. The molecule has 0 aliphatic rings. The molecule has 0 fully saturated rings. The minimum Gasteiger partial charge on any atom is -0.508 e. The summed E-state index contributed by atoms with van der Waals surface area (Å²) in [6.07, 6.45) is 0.454. The molecule has 0 amide bonds. The number of aromatic hydroxyl groups is 1. The van der Waals surface area contributed by atoms with Crippen molar-refractivity contribution in [3.05, 3.63) is 36.4 Å². The summed E-state index contributed by atoms with van der Waals surface area (Å²) >= 11 is 0. The van der Waals surface area contributed by atoms with Gasteiger partial charge in [-0.25, -0.2) is 8.42 Å². The fraction of sp³-hybridized carbons (Fsp3) is 0.231. The van der Waals surface area contributed by atoms with Crippen molar-refractivity contribution in [2.24, 2.45) is 5.73 Å². The van der Waals surface area contributed by atoms with Crippen LogP contribution in [-0.4, -0.2) is 25.8 Å². The minimum absolute atomic E-state index is 0.0626. The smallest absolute Gasteiger partial charge is 0.178 e. The van der Waals surface area contributed by atoms with Gasteiger partial charge in [0.1, 0.15) is 5.75 Å². The Kier molecular flexibility index (Phi) is 3.54. The molecule has 2 rings (SSSR count). The molecule has 0 aliphatic carbocycles. The molecule has 4 nitrogen and oxygen atoms in total. The Hall–Kier alpha value is -1.59. The lowest BCUT2D eigenvalue weighted by molar-refractivity contribution is 0.476. The molecule has 2 aromatic carbocycles. The van der Waals surface area contributed by atoms with Gasteiger partial charge in [0.05, 0.1) is 10.6 Å². The first-order valence-electron chi connectivity index (χ1n) is 5.68. The Morgan fingerprint density at radius 3 is 2.44 bits per heavy atom. The van der Waals surface area contributed by atoms with Crippen molar-refractivity contribution in [3.63, 3.8) is 0 Å². The molecule has 18 heavy (non-hydrogen) atoms. The highest BCUT2D eigenvalue weighted by Gasteiger charge is 2.14. The average molecular weight is 265 g/mol. The fourth-order valence-electron chi connectivity index (χ4n) is 1.80. The van der Waals surface area contributed by atoms with E-state index in [-0.39, 0.29) is 11.5 Å². The Balaban J connectivity index is 2.44. The second-order valence-electron chi connectivity index (χ2n) is 4.15. The van der Waals surface area contributed by atoms with Crippen LogP contribution >= 0.6 is 0 Å². The van der Waals surface area contributed by atoms with Crippen LogP contribution in [0.5, 0.6) is 5.75 Å². The maximum absolute atomic E-state index is 12.0. The predicted molar refractivity (Wildman–Crippen MR) is 71.3 cm³/mol. The number of nitrogens with two attached hydrogens (primary N) is 1. The van der Waals surface area contributed by atoms with Gasteiger partial charge in [0.2, 0.25) is 0 Å². The quantitative estimate of drug-likeness (QED) is 0.881. The lowest BCUT2D eigenvalue weighted by atomic mass is 10.1. The summed E-state index contributed by atoms with van der Waals surface area (Å²) in [4.78, 5) is 0.300. The van der Waals surface area contributed by atoms with Gasteiger partial charge in [-0.05, 0) is 48.0 Å². The number of phenolic OH excluding ortho intramolecular Hbond substituents is 1. The summed E-state index contributed by atoms with van der Waals surface area (Å²) in [6, 6.07) is 9.73. The van der Waals surface area contributed by atoms with Gasteiger partial charge in [-0.1, -0.05) is 12.1 Å². The van der Waals surface area contributed by atoms with Crippen LogP contribution < -0.4 is 5.73 Å². The second-order valence-corrected chi connectivity index (χ2v) is 6.26. The van der Waals surface area contributed by atoms with Gasteiger partial charge in [0, 0.05) is 0 Å². The Morgan fingerprint density at radius 2 is 1.72 bits per heavy atom. The maximum Gasteiger partial charge on any atom is 0.178 e.